The molecule has 1 amide bonds. The van der Waals surface area contributed by atoms with Gasteiger partial charge in [-0.25, -0.2) is 17.7 Å². The summed E-state index contributed by atoms with van der Waals surface area (Å²) in [7, 11) is -2.02. The van der Waals surface area contributed by atoms with Gasteiger partial charge in [-0.15, -0.1) is 12.4 Å². The maximum atomic E-state index is 13.7. The number of fused-ring (bicyclic) bond motifs is 1. The molecule has 0 aliphatic carbocycles. The number of anilines is 1. The molecule has 3 aromatic rings. The molecule has 0 saturated heterocycles. The molecule has 2 aromatic carbocycles. The van der Waals surface area contributed by atoms with Crippen molar-refractivity contribution in [1.82, 2.24) is 14.2 Å². The molecule has 0 atom stereocenters. The van der Waals surface area contributed by atoms with Crippen LogP contribution < -0.4 is 9.64 Å². The number of carbonyl (C=O) groups is 1. The van der Waals surface area contributed by atoms with Crippen molar-refractivity contribution in [2.24, 2.45) is 0 Å². The zero-order valence-corrected chi connectivity index (χ0v) is 25.3. The lowest BCUT2D eigenvalue weighted by Crippen LogP contribution is -2.38. The number of nitrogens with zero attached hydrogens (tertiary/aromatic N) is 4. The standard InChI is InChI=1S/C27H38N4O4S2.ClH/c1-6-10-18-29(5)37(33,34)22-16-14-21(15-17-22)26(32)31(20-19-30(7-2)8-3)27-28-25-23(35-9-4)12-11-13-24(25)36-27;/h11-17H,6-10,18-20H2,1-5H3;1H. The summed E-state index contributed by atoms with van der Waals surface area (Å²) in [5.74, 6) is 0.479. The van der Waals surface area contributed by atoms with Crippen molar-refractivity contribution < 1.29 is 17.9 Å². The highest BCUT2D eigenvalue weighted by molar-refractivity contribution is 7.89. The highest BCUT2D eigenvalue weighted by atomic mass is 35.5. The molecule has 0 unspecified atom stereocenters. The fourth-order valence-corrected chi connectivity index (χ4v) is 6.19. The van der Waals surface area contributed by atoms with Crippen molar-refractivity contribution >= 4 is 55.0 Å². The Bertz CT molecular complexity index is 1280. The van der Waals surface area contributed by atoms with E-state index in [1.54, 1.807) is 24.1 Å². The Morgan fingerprint density at radius 3 is 2.26 bits per heavy atom. The molecule has 0 fully saturated rings. The Balaban J connectivity index is 0.00000507. The van der Waals surface area contributed by atoms with Crippen molar-refractivity contribution in [1.29, 1.82) is 0 Å². The van der Waals surface area contributed by atoms with Gasteiger partial charge in [0.1, 0.15) is 11.3 Å². The summed E-state index contributed by atoms with van der Waals surface area (Å²) in [4.78, 5) is 22.7. The van der Waals surface area contributed by atoms with E-state index in [1.807, 2.05) is 32.0 Å². The van der Waals surface area contributed by atoms with E-state index >= 15 is 0 Å². The van der Waals surface area contributed by atoms with Crippen LogP contribution in [0.25, 0.3) is 10.2 Å². The van der Waals surface area contributed by atoms with Crippen LogP contribution in [-0.2, 0) is 10.0 Å². The van der Waals surface area contributed by atoms with Gasteiger partial charge in [-0.3, -0.25) is 9.69 Å². The number of hydrogen-bond donors (Lipinski definition) is 0. The lowest BCUT2D eigenvalue weighted by Gasteiger charge is -2.25. The van der Waals surface area contributed by atoms with Gasteiger partial charge in [0.15, 0.2) is 5.13 Å². The van der Waals surface area contributed by atoms with E-state index in [1.165, 1.54) is 27.8 Å². The molecule has 0 aliphatic heterocycles. The van der Waals surface area contributed by atoms with Crippen LogP contribution in [0.3, 0.4) is 0 Å². The Kier molecular flexibility index (Phi) is 12.4. The summed E-state index contributed by atoms with van der Waals surface area (Å²) < 4.78 is 33.9. The summed E-state index contributed by atoms with van der Waals surface area (Å²) in [6.07, 6.45) is 1.70. The number of benzene rings is 2. The summed E-state index contributed by atoms with van der Waals surface area (Å²) in [6, 6.07) is 12.0. The van der Waals surface area contributed by atoms with Crippen LogP contribution in [-0.4, -0.2) is 74.9 Å². The van der Waals surface area contributed by atoms with Crippen molar-refractivity contribution in [3.05, 3.63) is 48.0 Å². The van der Waals surface area contributed by atoms with E-state index in [9.17, 15) is 13.2 Å². The van der Waals surface area contributed by atoms with Crippen molar-refractivity contribution in [2.75, 3.05) is 51.3 Å². The molecule has 8 nitrogen and oxygen atoms in total. The topological polar surface area (TPSA) is 83.1 Å². The third-order valence-electron chi connectivity index (χ3n) is 6.32. The first-order valence-corrected chi connectivity index (χ1v) is 15.1. The zero-order chi connectivity index (χ0) is 27.0. The molecule has 0 spiro atoms. The molecule has 38 heavy (non-hydrogen) atoms. The number of amides is 1. The highest BCUT2D eigenvalue weighted by Gasteiger charge is 2.25. The molecule has 210 valence electrons. The average molecular weight is 583 g/mol. The number of rotatable bonds is 14. The number of halogens is 1. The molecule has 0 aliphatic rings. The first-order valence-electron chi connectivity index (χ1n) is 12.9. The number of thiazole rings is 1. The minimum atomic E-state index is -3.60. The minimum absolute atomic E-state index is 0. The highest BCUT2D eigenvalue weighted by Crippen LogP contribution is 2.35. The predicted octanol–water partition coefficient (Wildman–Crippen LogP) is 5.53. The van der Waals surface area contributed by atoms with Crippen LogP contribution in [0, 0.1) is 0 Å². The number of ether oxygens (including phenoxy) is 1. The van der Waals surface area contributed by atoms with Gasteiger partial charge in [-0.2, -0.15) is 0 Å². The third kappa shape index (κ3) is 7.45. The largest absolute Gasteiger partial charge is 0.492 e. The normalized spacial score (nSPS) is 11.7. The fraction of sp³-hybridized carbons (Fsp3) is 0.481. The van der Waals surface area contributed by atoms with Gasteiger partial charge in [0.05, 0.1) is 16.2 Å². The number of para-hydroxylation sites is 1. The molecule has 1 heterocycles. The number of sulfonamides is 1. The maximum absolute atomic E-state index is 13.7. The molecule has 0 N–H and O–H groups in total. The molecular weight excluding hydrogens is 544 g/mol. The smallest absolute Gasteiger partial charge is 0.260 e. The summed E-state index contributed by atoms with van der Waals surface area (Å²) in [5.41, 5.74) is 1.15. The van der Waals surface area contributed by atoms with Crippen LogP contribution in [0.1, 0.15) is 50.9 Å². The molecular formula is C27H39ClN4O4S2. The van der Waals surface area contributed by atoms with Gasteiger partial charge in [0.25, 0.3) is 5.91 Å². The zero-order valence-electron chi connectivity index (χ0n) is 22.8. The van der Waals surface area contributed by atoms with E-state index in [0.717, 1.165) is 36.1 Å². The monoisotopic (exact) mass is 582 g/mol. The summed E-state index contributed by atoms with van der Waals surface area (Å²) >= 11 is 1.45. The number of likely N-dealkylation sites (N-methyl/N-ethyl adjacent to an activating group) is 1. The molecule has 1 aromatic heterocycles. The quantitative estimate of drug-likeness (QED) is 0.249. The number of carbonyl (C=O) groups excluding carboxylic acids is 1. The van der Waals surface area contributed by atoms with Crippen molar-refractivity contribution in [3.8, 4) is 5.75 Å². The van der Waals surface area contributed by atoms with Gasteiger partial charge in [0, 0.05) is 32.2 Å². The van der Waals surface area contributed by atoms with Crippen LogP contribution in [0.4, 0.5) is 5.13 Å². The van der Waals surface area contributed by atoms with E-state index < -0.39 is 10.0 Å². The number of hydrogen-bond acceptors (Lipinski definition) is 7. The van der Waals surface area contributed by atoms with Crippen LogP contribution >= 0.6 is 23.7 Å². The predicted molar refractivity (Wildman–Crippen MR) is 159 cm³/mol. The lowest BCUT2D eigenvalue weighted by molar-refractivity contribution is 0.0983. The van der Waals surface area contributed by atoms with E-state index in [-0.39, 0.29) is 23.2 Å². The molecule has 0 bridgehead atoms. The van der Waals surface area contributed by atoms with Gasteiger partial charge >= 0.3 is 0 Å². The van der Waals surface area contributed by atoms with Gasteiger partial charge in [-0.05, 0) is 62.8 Å². The Labute approximate surface area is 237 Å². The van der Waals surface area contributed by atoms with Crippen LogP contribution in [0.5, 0.6) is 5.75 Å². The Morgan fingerprint density at radius 2 is 1.66 bits per heavy atom. The van der Waals surface area contributed by atoms with Crippen molar-refractivity contribution in [3.63, 3.8) is 0 Å². The third-order valence-corrected chi connectivity index (χ3v) is 9.23. The molecule has 3 rings (SSSR count). The average Bonchev–Trinajstić information content (AvgIpc) is 3.34. The van der Waals surface area contributed by atoms with Gasteiger partial charge in [0.2, 0.25) is 10.0 Å². The molecule has 0 radical (unpaired) electrons. The van der Waals surface area contributed by atoms with E-state index in [2.05, 4.69) is 18.7 Å². The summed E-state index contributed by atoms with van der Waals surface area (Å²) in [5, 5.41) is 0.593. The Hall–Kier alpha value is -2.24. The molecule has 11 heteroatoms. The second-order valence-corrected chi connectivity index (χ2v) is 11.8. The second-order valence-electron chi connectivity index (χ2n) is 8.72. The van der Waals surface area contributed by atoms with E-state index in [4.69, 9.17) is 9.72 Å². The summed E-state index contributed by atoms with van der Waals surface area (Å²) in [6.45, 7) is 12.0. The van der Waals surface area contributed by atoms with Crippen molar-refractivity contribution in [2.45, 2.75) is 45.4 Å². The lowest BCUT2D eigenvalue weighted by atomic mass is 10.2. The fourth-order valence-electron chi connectivity index (χ4n) is 3.97. The maximum Gasteiger partial charge on any atom is 0.260 e. The van der Waals surface area contributed by atoms with E-state index in [0.29, 0.717) is 42.7 Å². The first kappa shape index (κ1) is 32.0. The van der Waals surface area contributed by atoms with Crippen LogP contribution in [0.15, 0.2) is 47.4 Å². The van der Waals surface area contributed by atoms with Gasteiger partial charge < -0.3 is 9.64 Å². The SMILES string of the molecule is CCCCN(C)S(=O)(=O)c1ccc(C(=O)N(CCN(CC)CC)c2nc3c(OCC)cccc3s2)cc1.Cl. The van der Waals surface area contributed by atoms with Crippen LogP contribution in [0.2, 0.25) is 0 Å². The minimum Gasteiger partial charge on any atom is -0.492 e. The first-order chi connectivity index (χ1) is 17.8. The second kappa shape index (κ2) is 14.8. The number of aromatic nitrogens is 1. The Morgan fingerprint density at radius 1 is 0.974 bits per heavy atom. The molecule has 0 saturated carbocycles. The number of unbranched alkanes of at least 4 members (excludes halogenated alkanes) is 1. The van der Waals surface area contributed by atoms with Gasteiger partial charge in [-0.1, -0.05) is 44.6 Å².